The van der Waals surface area contributed by atoms with E-state index in [1.165, 1.54) is 52.6 Å². The van der Waals surface area contributed by atoms with Crippen LogP contribution in [0.3, 0.4) is 0 Å². The lowest BCUT2D eigenvalue weighted by atomic mass is 9.90. The number of benzene rings is 6. The van der Waals surface area contributed by atoms with E-state index in [4.69, 9.17) is 34.4 Å². The summed E-state index contributed by atoms with van der Waals surface area (Å²) in [4.78, 5) is 0. The number of hydrogen-bond donors (Lipinski definition) is 6. The topological polar surface area (TPSA) is 156 Å². The van der Waals surface area contributed by atoms with Crippen LogP contribution >= 0.6 is 0 Å². The van der Waals surface area contributed by atoms with Crippen LogP contribution in [-0.2, 0) is 19.3 Å². The maximum Gasteiger partial charge on any atom is 0.00817 e. The molecule has 0 aromatic heterocycles. The zero-order valence-corrected chi connectivity index (χ0v) is 51.2. The van der Waals surface area contributed by atoms with Crippen LogP contribution in [0.4, 0.5) is 0 Å². The van der Waals surface area contributed by atoms with Crippen LogP contribution in [0, 0.1) is 35.5 Å². The van der Waals surface area contributed by atoms with E-state index >= 15 is 0 Å². The second kappa shape index (κ2) is 43.9. The lowest BCUT2D eigenvalue weighted by molar-refractivity contribution is 0.493. The average molecular weight is 1060 g/mol. The van der Waals surface area contributed by atoms with E-state index in [9.17, 15) is 0 Å². The Labute approximate surface area is 479 Å². The molecule has 6 heteroatoms. The fraction of sp³-hybridized carbons (Fsp3) is 0.500. The number of hydrogen-bond acceptors (Lipinski definition) is 6. The lowest BCUT2D eigenvalue weighted by Crippen LogP contribution is -2.24. The largest absolute Gasteiger partial charge is 0.330 e. The fourth-order valence-corrected chi connectivity index (χ4v) is 9.80. The molecule has 0 amide bonds. The summed E-state index contributed by atoms with van der Waals surface area (Å²) in [6, 6.07) is 63.9. The molecule has 0 heterocycles. The molecule has 6 nitrogen and oxygen atoms in total. The van der Waals surface area contributed by atoms with Crippen molar-refractivity contribution in [3.8, 4) is 0 Å². The summed E-state index contributed by atoms with van der Waals surface area (Å²) in [6.07, 6.45) is 9.86. The van der Waals surface area contributed by atoms with Gasteiger partial charge in [0.25, 0.3) is 0 Å². The summed E-state index contributed by atoms with van der Waals surface area (Å²) in [7, 11) is 0. The van der Waals surface area contributed by atoms with Gasteiger partial charge in [0.1, 0.15) is 0 Å². The molecular weight excluding hydrogens is 949 g/mol. The maximum absolute atomic E-state index is 6.01. The van der Waals surface area contributed by atoms with Gasteiger partial charge in [0, 0.05) is 18.1 Å². The molecule has 12 N–H and O–H groups in total. The number of rotatable bonds is 24. The first-order chi connectivity index (χ1) is 37.3. The molecule has 0 saturated heterocycles. The summed E-state index contributed by atoms with van der Waals surface area (Å²) in [5, 5.41) is 0. The van der Waals surface area contributed by atoms with Gasteiger partial charge in [-0.15, -0.1) is 0 Å². The molecule has 6 aromatic rings. The Kier molecular flexibility index (Phi) is 40.0. The van der Waals surface area contributed by atoms with Gasteiger partial charge in [-0.1, -0.05) is 265 Å². The third kappa shape index (κ3) is 37.0. The van der Waals surface area contributed by atoms with Gasteiger partial charge in [-0.05, 0) is 164 Å². The minimum Gasteiger partial charge on any atom is -0.330 e. The van der Waals surface area contributed by atoms with Gasteiger partial charge >= 0.3 is 0 Å². The predicted molar refractivity (Wildman–Crippen MR) is 346 cm³/mol. The van der Waals surface area contributed by atoms with Crippen molar-refractivity contribution in [2.75, 3.05) is 19.6 Å². The molecule has 0 fully saturated rings. The zero-order chi connectivity index (χ0) is 58.1. The van der Waals surface area contributed by atoms with E-state index in [1.54, 1.807) is 0 Å². The molecule has 0 aliphatic heterocycles. The molecule has 0 aliphatic carbocycles. The van der Waals surface area contributed by atoms with Crippen molar-refractivity contribution in [1.82, 2.24) is 0 Å². The van der Waals surface area contributed by atoms with Gasteiger partial charge in [0.2, 0.25) is 0 Å². The quantitative estimate of drug-likeness (QED) is 0.0354. The number of nitrogens with two attached hydrogens (primary N) is 6. The van der Waals surface area contributed by atoms with Crippen LogP contribution in [-0.4, -0.2) is 37.8 Å². The highest BCUT2D eigenvalue weighted by molar-refractivity contribution is 5.22. The van der Waals surface area contributed by atoms with E-state index in [-0.39, 0.29) is 0 Å². The molecule has 2 unspecified atom stereocenters. The molecule has 6 atom stereocenters. The van der Waals surface area contributed by atoms with E-state index < -0.39 is 0 Å². The Balaban J connectivity index is 0.000000468. The first-order valence-electron chi connectivity index (χ1n) is 29.9. The third-order valence-corrected chi connectivity index (χ3v) is 13.3. The Morgan fingerprint density at radius 3 is 0.564 bits per heavy atom. The molecule has 6 aromatic carbocycles. The van der Waals surface area contributed by atoms with Crippen LogP contribution < -0.4 is 34.4 Å². The zero-order valence-electron chi connectivity index (χ0n) is 51.2. The Bertz CT molecular complexity index is 1940. The van der Waals surface area contributed by atoms with Gasteiger partial charge in [-0.3, -0.25) is 0 Å². The van der Waals surface area contributed by atoms with E-state index in [2.05, 4.69) is 229 Å². The standard InChI is InChI=1S/6C12H19N/c3*1-10(2)8-12(9-13)11-6-4-3-5-7-11;3*1-10(2)8-12(13)9-11-6-4-3-5-7-11/h6*3-7,10,12H,8-9,13H2,1-2H3/t2*12-;;2*12-;/m10.10./s1. The second-order valence-corrected chi connectivity index (χ2v) is 24.2. The van der Waals surface area contributed by atoms with Gasteiger partial charge in [-0.25, -0.2) is 0 Å². The molecule has 432 valence electrons. The van der Waals surface area contributed by atoms with Gasteiger partial charge in [-0.2, -0.15) is 0 Å². The summed E-state index contributed by atoms with van der Waals surface area (Å²) >= 11 is 0. The molecule has 6 rings (SSSR count). The molecule has 0 aliphatic rings. The van der Waals surface area contributed by atoms with Crippen molar-refractivity contribution >= 4 is 0 Å². The van der Waals surface area contributed by atoms with E-state index in [1.807, 2.05) is 36.4 Å². The van der Waals surface area contributed by atoms with Crippen molar-refractivity contribution in [3.63, 3.8) is 0 Å². The molecule has 0 radical (unpaired) electrons. The summed E-state index contributed by atoms with van der Waals surface area (Å²) in [6.45, 7) is 29.0. The van der Waals surface area contributed by atoms with Crippen molar-refractivity contribution in [1.29, 1.82) is 0 Å². The van der Waals surface area contributed by atoms with Crippen LogP contribution in [0.2, 0.25) is 0 Å². The van der Waals surface area contributed by atoms with Crippen molar-refractivity contribution < 1.29 is 0 Å². The smallest absolute Gasteiger partial charge is 0.00817 e. The fourth-order valence-electron chi connectivity index (χ4n) is 9.80. The molecule has 0 saturated carbocycles. The minimum absolute atomic E-state index is 0.308. The normalized spacial score (nSPS) is 13.2. The average Bonchev–Trinajstić information content (AvgIpc) is 3.40. The maximum atomic E-state index is 6.01. The predicted octanol–water partition coefficient (Wildman–Crippen LogP) is 16.1. The van der Waals surface area contributed by atoms with E-state index in [0.717, 1.165) is 58.2 Å². The first-order valence-corrected chi connectivity index (χ1v) is 29.9. The minimum atomic E-state index is 0.308. The summed E-state index contributed by atoms with van der Waals surface area (Å²) < 4.78 is 0. The van der Waals surface area contributed by atoms with Crippen molar-refractivity contribution in [2.45, 2.75) is 177 Å². The molecule has 0 spiro atoms. The van der Waals surface area contributed by atoms with Crippen molar-refractivity contribution in [3.05, 3.63) is 215 Å². The van der Waals surface area contributed by atoms with Crippen LogP contribution in [0.15, 0.2) is 182 Å². The Morgan fingerprint density at radius 1 is 0.244 bits per heavy atom. The van der Waals surface area contributed by atoms with Crippen LogP contribution in [0.1, 0.15) is 173 Å². The second-order valence-electron chi connectivity index (χ2n) is 24.2. The first kappa shape index (κ1) is 71.1. The van der Waals surface area contributed by atoms with Crippen LogP contribution in [0.25, 0.3) is 0 Å². The molecule has 78 heavy (non-hydrogen) atoms. The summed E-state index contributed by atoms with van der Waals surface area (Å²) in [5.74, 6) is 5.82. The summed E-state index contributed by atoms with van der Waals surface area (Å²) in [5.41, 5.74) is 43.4. The van der Waals surface area contributed by atoms with Gasteiger partial charge in [0.15, 0.2) is 0 Å². The van der Waals surface area contributed by atoms with Gasteiger partial charge in [0.05, 0.1) is 0 Å². The van der Waals surface area contributed by atoms with E-state index in [0.29, 0.717) is 71.4 Å². The van der Waals surface area contributed by atoms with Crippen LogP contribution in [0.5, 0.6) is 0 Å². The highest BCUT2D eigenvalue weighted by Crippen LogP contribution is 2.24. The lowest BCUT2D eigenvalue weighted by Gasteiger charge is -2.17. The Hall–Kier alpha value is -4.92. The van der Waals surface area contributed by atoms with Gasteiger partial charge < -0.3 is 34.4 Å². The highest BCUT2D eigenvalue weighted by atomic mass is 14.6. The Morgan fingerprint density at radius 2 is 0.410 bits per heavy atom. The molecular formula is C72H114N6. The molecule has 0 bridgehead atoms. The van der Waals surface area contributed by atoms with Crippen molar-refractivity contribution in [2.24, 2.45) is 69.9 Å². The SMILES string of the molecule is CC(C)CC(CN)c1ccccc1.CC(C)CC(N)Cc1ccccc1.CC(C)C[C@@H](CN)c1ccccc1.CC(C)C[C@@H](N)Cc1ccccc1.CC(C)C[C@H](CN)c1ccccc1.CC(C)C[C@H](N)Cc1ccccc1. The monoisotopic (exact) mass is 1060 g/mol. The third-order valence-electron chi connectivity index (χ3n) is 13.3. The highest BCUT2D eigenvalue weighted by Gasteiger charge is 2.13.